The molecule has 0 aliphatic carbocycles. The first-order valence-corrected chi connectivity index (χ1v) is 9.85. The minimum atomic E-state index is 0.562. The van der Waals surface area contributed by atoms with E-state index < -0.39 is 0 Å². The quantitative estimate of drug-likeness (QED) is 0.267. The van der Waals surface area contributed by atoms with Crippen LogP contribution in [0.1, 0.15) is 27.2 Å². The smallest absolute Gasteiger partial charge is 0.0701 e. The summed E-state index contributed by atoms with van der Waals surface area (Å²) in [5, 5.41) is 0. The molecular weight excluding hydrogens is 340 g/mol. The Morgan fingerprint density at radius 1 is 0.462 bits per heavy atom. The zero-order valence-electron chi connectivity index (χ0n) is 17.0. The molecule has 0 saturated carbocycles. The van der Waals surface area contributed by atoms with Gasteiger partial charge in [-0.2, -0.15) is 0 Å². The molecule has 0 spiro atoms. The van der Waals surface area contributed by atoms with Crippen molar-refractivity contribution < 1.29 is 33.2 Å². The summed E-state index contributed by atoms with van der Waals surface area (Å²) in [6, 6.07) is 0. The van der Waals surface area contributed by atoms with Crippen LogP contribution >= 0.6 is 0 Å². The van der Waals surface area contributed by atoms with E-state index in [0.29, 0.717) is 85.2 Å². The molecule has 0 aromatic carbocycles. The Hall–Kier alpha value is -0.280. The second-order valence-electron chi connectivity index (χ2n) is 5.85. The summed E-state index contributed by atoms with van der Waals surface area (Å²) in [4.78, 5) is 0. The van der Waals surface area contributed by atoms with Gasteiger partial charge in [-0.25, -0.2) is 0 Å². The molecule has 0 aromatic heterocycles. The molecule has 0 fully saturated rings. The fraction of sp³-hybridized carbons (Fsp3) is 1.00. The third-order valence-electron chi connectivity index (χ3n) is 3.54. The van der Waals surface area contributed by atoms with Gasteiger partial charge in [0, 0.05) is 13.2 Å². The summed E-state index contributed by atoms with van der Waals surface area (Å²) < 4.78 is 37.7. The molecular formula is C19H40O7. The van der Waals surface area contributed by atoms with E-state index >= 15 is 0 Å². The predicted octanol–water partition coefficient (Wildman–Crippen LogP) is 2.17. The van der Waals surface area contributed by atoms with E-state index in [-0.39, 0.29) is 0 Å². The third kappa shape index (κ3) is 21.8. The van der Waals surface area contributed by atoms with Crippen LogP contribution in [0.3, 0.4) is 0 Å². The standard InChI is InChI=1S/C19H40O7/c1-4-19(3)18-26-17-16-25-15-14-24-13-12-23-11-10-22-9-8-21-7-6-20-5-2/h19H,4-18H2,1-3H3. The summed E-state index contributed by atoms with van der Waals surface area (Å²) in [6.07, 6.45) is 1.15. The Kier molecular flexibility index (Phi) is 22.5. The summed E-state index contributed by atoms with van der Waals surface area (Å²) >= 11 is 0. The summed E-state index contributed by atoms with van der Waals surface area (Å²) in [5.41, 5.74) is 0. The van der Waals surface area contributed by atoms with E-state index in [2.05, 4.69) is 13.8 Å². The molecule has 0 aromatic rings. The van der Waals surface area contributed by atoms with Crippen LogP contribution in [0.25, 0.3) is 0 Å². The molecule has 1 unspecified atom stereocenters. The molecule has 0 aliphatic rings. The van der Waals surface area contributed by atoms with Crippen molar-refractivity contribution >= 4 is 0 Å². The van der Waals surface area contributed by atoms with Gasteiger partial charge in [0.25, 0.3) is 0 Å². The first kappa shape index (κ1) is 25.7. The van der Waals surface area contributed by atoms with Crippen molar-refractivity contribution in [1.82, 2.24) is 0 Å². The summed E-state index contributed by atoms with van der Waals surface area (Å²) in [6.45, 7) is 14.9. The van der Waals surface area contributed by atoms with Crippen LogP contribution in [0, 0.1) is 5.92 Å². The van der Waals surface area contributed by atoms with Crippen molar-refractivity contribution in [2.24, 2.45) is 5.92 Å². The van der Waals surface area contributed by atoms with E-state index in [0.717, 1.165) is 19.6 Å². The Morgan fingerprint density at radius 3 is 1.08 bits per heavy atom. The van der Waals surface area contributed by atoms with E-state index in [1.807, 2.05) is 6.92 Å². The van der Waals surface area contributed by atoms with Crippen molar-refractivity contribution in [1.29, 1.82) is 0 Å². The number of hydrogen-bond acceptors (Lipinski definition) is 7. The van der Waals surface area contributed by atoms with Crippen molar-refractivity contribution in [3.05, 3.63) is 0 Å². The lowest BCUT2D eigenvalue weighted by Crippen LogP contribution is -2.15. The monoisotopic (exact) mass is 380 g/mol. The Bertz CT molecular complexity index is 254. The molecule has 0 saturated heterocycles. The van der Waals surface area contributed by atoms with Gasteiger partial charge >= 0.3 is 0 Å². The topological polar surface area (TPSA) is 64.6 Å². The zero-order valence-corrected chi connectivity index (χ0v) is 17.0. The Labute approximate surface area is 159 Å². The van der Waals surface area contributed by atoms with Gasteiger partial charge in [0.1, 0.15) is 0 Å². The lowest BCUT2D eigenvalue weighted by molar-refractivity contribution is -0.0211. The van der Waals surface area contributed by atoms with Crippen molar-refractivity contribution in [3.63, 3.8) is 0 Å². The third-order valence-corrected chi connectivity index (χ3v) is 3.54. The van der Waals surface area contributed by atoms with Gasteiger partial charge in [0.15, 0.2) is 0 Å². The van der Waals surface area contributed by atoms with E-state index in [9.17, 15) is 0 Å². The number of rotatable bonds is 22. The minimum Gasteiger partial charge on any atom is -0.379 e. The Morgan fingerprint density at radius 2 is 0.769 bits per heavy atom. The molecule has 0 N–H and O–H groups in total. The maximum absolute atomic E-state index is 5.50. The largest absolute Gasteiger partial charge is 0.379 e. The molecule has 1 atom stereocenters. The highest BCUT2D eigenvalue weighted by molar-refractivity contribution is 4.45. The van der Waals surface area contributed by atoms with Crippen LogP contribution in [0.2, 0.25) is 0 Å². The van der Waals surface area contributed by atoms with Crippen LogP contribution < -0.4 is 0 Å². The van der Waals surface area contributed by atoms with Gasteiger partial charge in [-0.3, -0.25) is 0 Å². The second-order valence-corrected chi connectivity index (χ2v) is 5.85. The van der Waals surface area contributed by atoms with Gasteiger partial charge in [-0.15, -0.1) is 0 Å². The molecule has 7 nitrogen and oxygen atoms in total. The molecule has 0 rings (SSSR count). The highest BCUT2D eigenvalue weighted by Gasteiger charge is 1.98. The number of hydrogen-bond donors (Lipinski definition) is 0. The van der Waals surface area contributed by atoms with E-state index in [4.69, 9.17) is 33.2 Å². The van der Waals surface area contributed by atoms with Gasteiger partial charge in [0.2, 0.25) is 0 Å². The average molecular weight is 381 g/mol. The van der Waals surface area contributed by atoms with Gasteiger partial charge < -0.3 is 33.2 Å². The average Bonchev–Trinajstić information content (AvgIpc) is 2.66. The van der Waals surface area contributed by atoms with Crippen molar-refractivity contribution in [2.45, 2.75) is 27.2 Å². The molecule has 0 aliphatic heterocycles. The highest BCUT2D eigenvalue weighted by Crippen LogP contribution is 1.99. The zero-order chi connectivity index (χ0) is 19.1. The van der Waals surface area contributed by atoms with Crippen LogP contribution in [0.4, 0.5) is 0 Å². The molecule has 0 radical (unpaired) electrons. The molecule has 7 heteroatoms. The normalized spacial score (nSPS) is 12.6. The van der Waals surface area contributed by atoms with Gasteiger partial charge in [-0.1, -0.05) is 20.3 Å². The Balaban J connectivity index is 2.99. The fourth-order valence-corrected chi connectivity index (χ4v) is 1.76. The summed E-state index contributed by atoms with van der Waals surface area (Å²) in [5.74, 6) is 0.614. The lowest BCUT2D eigenvalue weighted by Gasteiger charge is -2.10. The summed E-state index contributed by atoms with van der Waals surface area (Å²) in [7, 11) is 0. The molecule has 26 heavy (non-hydrogen) atoms. The molecule has 158 valence electrons. The van der Waals surface area contributed by atoms with E-state index in [1.54, 1.807) is 0 Å². The van der Waals surface area contributed by atoms with Gasteiger partial charge in [0.05, 0.1) is 79.3 Å². The maximum Gasteiger partial charge on any atom is 0.0701 e. The fourth-order valence-electron chi connectivity index (χ4n) is 1.76. The lowest BCUT2D eigenvalue weighted by atomic mass is 10.1. The number of ether oxygens (including phenoxy) is 7. The maximum atomic E-state index is 5.50. The first-order chi connectivity index (χ1) is 12.8. The highest BCUT2D eigenvalue weighted by atomic mass is 16.6. The molecule has 0 amide bonds. The first-order valence-electron chi connectivity index (χ1n) is 9.85. The van der Waals surface area contributed by atoms with E-state index in [1.165, 1.54) is 0 Å². The second kappa shape index (κ2) is 22.8. The minimum absolute atomic E-state index is 0.562. The van der Waals surface area contributed by atoms with Crippen LogP contribution in [-0.4, -0.2) is 92.5 Å². The molecule has 0 heterocycles. The van der Waals surface area contributed by atoms with Crippen molar-refractivity contribution in [2.75, 3.05) is 92.5 Å². The SMILES string of the molecule is CCOCCOCCOCCOCCOCCOCCOCC(C)CC. The van der Waals surface area contributed by atoms with Crippen molar-refractivity contribution in [3.8, 4) is 0 Å². The van der Waals surface area contributed by atoms with Crippen LogP contribution in [0.5, 0.6) is 0 Å². The predicted molar refractivity (Wildman–Crippen MR) is 101 cm³/mol. The van der Waals surface area contributed by atoms with Gasteiger partial charge in [-0.05, 0) is 12.8 Å². The van der Waals surface area contributed by atoms with Crippen LogP contribution in [0.15, 0.2) is 0 Å². The molecule has 0 bridgehead atoms. The van der Waals surface area contributed by atoms with Crippen LogP contribution in [-0.2, 0) is 33.2 Å².